The van der Waals surface area contributed by atoms with E-state index in [4.69, 9.17) is 4.74 Å². The van der Waals surface area contributed by atoms with Crippen LogP contribution in [0.3, 0.4) is 0 Å². The molecule has 5 nitrogen and oxygen atoms in total. The molecule has 2 heterocycles. The average Bonchev–Trinajstić information content (AvgIpc) is 2.81. The minimum Gasteiger partial charge on any atom is -1.00 e. The van der Waals surface area contributed by atoms with Crippen molar-refractivity contribution in [3.8, 4) is 22.8 Å². The molecule has 1 aliphatic heterocycles. The van der Waals surface area contributed by atoms with Crippen molar-refractivity contribution in [2.24, 2.45) is 0 Å². The lowest BCUT2D eigenvalue weighted by atomic mass is 10.1. The number of carbonyl (C=O) groups excluding carboxylic acids is 1. The molecule has 2 aromatic carbocycles. The van der Waals surface area contributed by atoms with Gasteiger partial charge in [0.1, 0.15) is 17.3 Å². The number of quaternary nitrogens is 1. The molecule has 7 heteroatoms. The van der Waals surface area contributed by atoms with E-state index in [1.807, 2.05) is 30.3 Å². The number of halogens is 2. The maximum atomic E-state index is 13.0. The van der Waals surface area contributed by atoms with Crippen molar-refractivity contribution in [3.63, 3.8) is 0 Å². The summed E-state index contributed by atoms with van der Waals surface area (Å²) in [5.74, 6) is 0.832. The molecule has 33 heavy (non-hydrogen) atoms. The van der Waals surface area contributed by atoms with Gasteiger partial charge >= 0.3 is 0 Å². The van der Waals surface area contributed by atoms with E-state index in [1.165, 1.54) is 44.5 Å². The molecule has 1 fully saturated rings. The summed E-state index contributed by atoms with van der Waals surface area (Å²) in [6.07, 6.45) is 5.52. The number of piperidine rings is 1. The second-order valence-corrected chi connectivity index (χ2v) is 8.62. The first kappa shape index (κ1) is 25.1. The quantitative estimate of drug-likeness (QED) is 0.355. The van der Waals surface area contributed by atoms with Crippen molar-refractivity contribution >= 4 is 5.91 Å². The number of aromatic nitrogens is 1. The van der Waals surface area contributed by atoms with Crippen LogP contribution in [-0.4, -0.2) is 48.6 Å². The molecular weight excluding hydrogens is 532 g/mol. The zero-order valence-corrected chi connectivity index (χ0v) is 20.9. The van der Waals surface area contributed by atoms with Crippen LogP contribution in [0.4, 0.5) is 4.39 Å². The third-order valence-corrected chi connectivity index (χ3v) is 6.05. The highest BCUT2D eigenvalue weighted by Crippen LogP contribution is 2.25. The van der Waals surface area contributed by atoms with Crippen LogP contribution in [0.2, 0.25) is 0 Å². The van der Waals surface area contributed by atoms with Crippen LogP contribution in [0.1, 0.15) is 29.6 Å². The third kappa shape index (κ3) is 6.98. The molecule has 0 unspecified atom stereocenters. The molecule has 4 rings (SSSR count). The summed E-state index contributed by atoms with van der Waals surface area (Å²) in [5.41, 5.74) is 2.21. The van der Waals surface area contributed by atoms with Crippen molar-refractivity contribution in [2.45, 2.75) is 19.3 Å². The highest BCUT2D eigenvalue weighted by molar-refractivity contribution is 5.95. The highest BCUT2D eigenvalue weighted by Gasteiger charge is 2.24. The van der Waals surface area contributed by atoms with E-state index < -0.39 is 0 Å². The van der Waals surface area contributed by atoms with Gasteiger partial charge in [-0.1, -0.05) is 0 Å². The fraction of sp³-hybridized carbons (Fsp3) is 0.308. The molecule has 1 amide bonds. The summed E-state index contributed by atoms with van der Waals surface area (Å²) < 4.78 is 19.8. The van der Waals surface area contributed by atoms with E-state index in [1.54, 1.807) is 24.4 Å². The van der Waals surface area contributed by atoms with Crippen LogP contribution in [0.25, 0.3) is 11.3 Å². The fourth-order valence-corrected chi connectivity index (χ4v) is 4.10. The minimum absolute atomic E-state index is 0. The normalized spacial score (nSPS) is 14.7. The first-order chi connectivity index (χ1) is 15.5. The van der Waals surface area contributed by atoms with Gasteiger partial charge in [0.2, 0.25) is 0 Å². The summed E-state index contributed by atoms with van der Waals surface area (Å²) in [4.78, 5) is 17.1. The monoisotopic (exact) mass is 561 g/mol. The molecule has 3 aromatic rings. The van der Waals surface area contributed by atoms with Gasteiger partial charge in [-0.05, 0) is 79.9 Å². The van der Waals surface area contributed by atoms with Crippen LogP contribution >= 0.6 is 0 Å². The molecule has 1 aromatic heterocycles. The van der Waals surface area contributed by atoms with Crippen molar-refractivity contribution in [3.05, 3.63) is 78.2 Å². The number of likely N-dealkylation sites (N-methyl/N-ethyl adjacent to an activating group) is 1. The molecule has 0 spiro atoms. The van der Waals surface area contributed by atoms with E-state index in [2.05, 4.69) is 17.3 Å². The SMILES string of the molecule is C[N+]1(CCNC(=O)c2ccnc(-c3ccc(Oc4ccc(F)cc4)cc3)c2)CCCCC1.[I-]. The molecule has 1 aliphatic rings. The third-order valence-electron chi connectivity index (χ3n) is 6.05. The first-order valence-electron chi connectivity index (χ1n) is 11.1. The number of nitrogens with zero attached hydrogens (tertiary/aromatic N) is 2. The minimum atomic E-state index is -0.301. The Balaban J connectivity index is 0.00000306. The van der Waals surface area contributed by atoms with Gasteiger partial charge in [-0.15, -0.1) is 0 Å². The maximum absolute atomic E-state index is 13.0. The zero-order chi connectivity index (χ0) is 22.4. The number of likely N-dealkylation sites (tertiary alicyclic amines) is 1. The lowest BCUT2D eigenvalue weighted by molar-refractivity contribution is -0.912. The number of rotatable bonds is 7. The second-order valence-electron chi connectivity index (χ2n) is 8.62. The Morgan fingerprint density at radius 3 is 2.30 bits per heavy atom. The molecule has 0 radical (unpaired) electrons. The van der Waals surface area contributed by atoms with Crippen LogP contribution in [0.5, 0.6) is 11.5 Å². The Bertz CT molecular complexity index is 1050. The topological polar surface area (TPSA) is 51.2 Å². The predicted molar refractivity (Wildman–Crippen MR) is 123 cm³/mol. The van der Waals surface area contributed by atoms with E-state index in [-0.39, 0.29) is 35.7 Å². The lowest BCUT2D eigenvalue weighted by Gasteiger charge is -2.37. The van der Waals surface area contributed by atoms with Gasteiger partial charge in [0.25, 0.3) is 5.91 Å². The standard InChI is InChI=1S/C26H28FN3O2.HI/c1-30(16-3-2-4-17-30)18-15-29-26(31)21-13-14-28-25(19-21)20-5-9-23(10-6-20)32-24-11-7-22(27)8-12-24;/h5-14,19H,2-4,15-18H2,1H3;1H. The van der Waals surface area contributed by atoms with Crippen molar-refractivity contribution in [2.75, 3.05) is 33.2 Å². The fourth-order valence-electron chi connectivity index (χ4n) is 4.10. The van der Waals surface area contributed by atoms with Crippen LogP contribution < -0.4 is 34.0 Å². The lowest BCUT2D eigenvalue weighted by Crippen LogP contribution is -3.00. The molecule has 1 saturated heterocycles. The van der Waals surface area contributed by atoms with Crippen LogP contribution in [0, 0.1) is 5.82 Å². The Hall–Kier alpha value is -2.52. The number of ether oxygens (including phenoxy) is 1. The molecule has 0 bridgehead atoms. The van der Waals surface area contributed by atoms with E-state index in [0.29, 0.717) is 23.6 Å². The molecule has 1 N–H and O–H groups in total. The van der Waals surface area contributed by atoms with Crippen molar-refractivity contribution < 1.29 is 42.4 Å². The van der Waals surface area contributed by atoms with Gasteiger partial charge in [0.05, 0.1) is 38.9 Å². The first-order valence-corrected chi connectivity index (χ1v) is 11.1. The van der Waals surface area contributed by atoms with Crippen LogP contribution in [0.15, 0.2) is 66.9 Å². The van der Waals surface area contributed by atoms with Gasteiger partial charge < -0.3 is 38.5 Å². The van der Waals surface area contributed by atoms with Crippen LogP contribution in [-0.2, 0) is 0 Å². The van der Waals surface area contributed by atoms with Crippen molar-refractivity contribution in [1.82, 2.24) is 10.3 Å². The molecular formula is C26H29FIN3O2. The summed E-state index contributed by atoms with van der Waals surface area (Å²) in [6, 6.07) is 16.9. The van der Waals surface area contributed by atoms with Gasteiger partial charge in [0.15, 0.2) is 0 Å². The Morgan fingerprint density at radius 1 is 1.00 bits per heavy atom. The summed E-state index contributed by atoms with van der Waals surface area (Å²) in [5, 5.41) is 3.06. The van der Waals surface area contributed by atoms with E-state index in [9.17, 15) is 9.18 Å². The van der Waals surface area contributed by atoms with E-state index >= 15 is 0 Å². The molecule has 0 atom stereocenters. The summed E-state index contributed by atoms with van der Waals surface area (Å²) in [6.45, 7) is 4.01. The van der Waals surface area contributed by atoms with Gasteiger partial charge in [-0.25, -0.2) is 4.39 Å². The average molecular weight is 561 g/mol. The summed E-state index contributed by atoms with van der Waals surface area (Å²) in [7, 11) is 2.28. The molecule has 0 aliphatic carbocycles. The number of hydrogen-bond donors (Lipinski definition) is 1. The van der Waals surface area contributed by atoms with Crippen molar-refractivity contribution in [1.29, 1.82) is 0 Å². The number of pyridine rings is 1. The molecule has 174 valence electrons. The summed E-state index contributed by atoms with van der Waals surface area (Å²) >= 11 is 0. The second kappa shape index (κ2) is 11.6. The smallest absolute Gasteiger partial charge is 0.251 e. The number of carbonyl (C=O) groups is 1. The maximum Gasteiger partial charge on any atom is 0.251 e. The molecule has 0 saturated carbocycles. The number of hydrogen-bond acceptors (Lipinski definition) is 3. The van der Waals surface area contributed by atoms with Gasteiger partial charge in [-0.2, -0.15) is 0 Å². The Labute approximate surface area is 211 Å². The number of benzene rings is 2. The predicted octanol–water partition coefficient (Wildman–Crippen LogP) is 2.04. The number of amides is 1. The number of nitrogens with one attached hydrogen (secondary N) is 1. The Morgan fingerprint density at radius 2 is 1.64 bits per heavy atom. The zero-order valence-electron chi connectivity index (χ0n) is 18.8. The largest absolute Gasteiger partial charge is 1.00 e. The Kier molecular flexibility index (Phi) is 8.80. The van der Waals surface area contributed by atoms with E-state index in [0.717, 1.165) is 22.3 Å². The highest BCUT2D eigenvalue weighted by atomic mass is 127. The van der Waals surface area contributed by atoms with Gasteiger partial charge in [0, 0.05) is 17.3 Å². The van der Waals surface area contributed by atoms with Gasteiger partial charge in [-0.3, -0.25) is 9.78 Å².